The van der Waals surface area contributed by atoms with Crippen LogP contribution in [0, 0.1) is 5.82 Å². The third kappa shape index (κ3) is 3.43. The second kappa shape index (κ2) is 7.45. The quantitative estimate of drug-likeness (QED) is 0.511. The second-order valence-corrected chi connectivity index (χ2v) is 7.42. The first-order valence-electron chi connectivity index (χ1n) is 9.86. The molecule has 4 aromatic rings. The monoisotopic (exact) mass is 435 g/mol. The number of anilines is 1. The summed E-state index contributed by atoms with van der Waals surface area (Å²) in [4.78, 5) is 33.1. The lowest BCUT2D eigenvalue weighted by atomic mass is 10.1. The fourth-order valence-corrected chi connectivity index (χ4v) is 3.81. The zero-order chi connectivity index (χ0) is 22.4. The van der Waals surface area contributed by atoms with Crippen molar-refractivity contribution in [3.8, 4) is 22.6 Å². The van der Waals surface area contributed by atoms with Crippen LogP contribution in [0.2, 0.25) is 0 Å². The first-order chi connectivity index (χ1) is 15.4. The van der Waals surface area contributed by atoms with Gasteiger partial charge in [-0.2, -0.15) is 5.10 Å². The van der Waals surface area contributed by atoms with Gasteiger partial charge < -0.3 is 15.0 Å². The second-order valence-electron chi connectivity index (χ2n) is 7.42. The fourth-order valence-electron chi connectivity index (χ4n) is 3.81. The molecule has 3 aromatic heterocycles. The van der Waals surface area contributed by atoms with E-state index >= 15 is 0 Å². The highest BCUT2D eigenvalue weighted by molar-refractivity contribution is 5.88. The van der Waals surface area contributed by atoms with Crippen LogP contribution >= 0.6 is 0 Å². The van der Waals surface area contributed by atoms with Crippen LogP contribution in [0.4, 0.5) is 15.0 Å². The van der Waals surface area contributed by atoms with Crippen LogP contribution in [0.15, 0.2) is 42.6 Å². The van der Waals surface area contributed by atoms with Crippen molar-refractivity contribution in [2.24, 2.45) is 0 Å². The van der Waals surface area contributed by atoms with Gasteiger partial charge in [-0.05, 0) is 36.4 Å². The van der Waals surface area contributed by atoms with Gasteiger partial charge in [0.15, 0.2) is 11.5 Å². The first kappa shape index (κ1) is 19.7. The van der Waals surface area contributed by atoms with Crippen molar-refractivity contribution in [2.45, 2.75) is 20.0 Å². The number of carbonyl (C=O) groups is 2. The Bertz CT molecular complexity index is 1360. The Morgan fingerprint density at radius 2 is 1.88 bits per heavy atom. The highest BCUT2D eigenvalue weighted by Gasteiger charge is 2.28. The Balaban J connectivity index is 1.66. The summed E-state index contributed by atoms with van der Waals surface area (Å²) in [5.41, 5.74) is 3.12. The van der Waals surface area contributed by atoms with Crippen LogP contribution < -0.4 is 5.32 Å². The molecule has 1 aliphatic heterocycles. The van der Waals surface area contributed by atoms with E-state index in [1.165, 1.54) is 24.0 Å². The molecule has 10 nitrogen and oxygen atoms in total. The van der Waals surface area contributed by atoms with E-state index in [0.29, 0.717) is 53.0 Å². The predicted molar refractivity (Wildman–Crippen MR) is 112 cm³/mol. The first-order valence-corrected chi connectivity index (χ1v) is 9.86. The highest BCUT2D eigenvalue weighted by Crippen LogP contribution is 2.34. The van der Waals surface area contributed by atoms with Crippen molar-refractivity contribution in [3.63, 3.8) is 0 Å². The van der Waals surface area contributed by atoms with Gasteiger partial charge in [0.1, 0.15) is 17.3 Å². The Hall–Kier alpha value is -4.28. The lowest BCUT2D eigenvalue weighted by Gasteiger charge is -2.26. The largest absolute Gasteiger partial charge is 0.465 e. The maximum absolute atomic E-state index is 13.5. The van der Waals surface area contributed by atoms with E-state index in [1.807, 2.05) is 4.57 Å². The minimum Gasteiger partial charge on any atom is -0.465 e. The number of benzene rings is 1. The summed E-state index contributed by atoms with van der Waals surface area (Å²) < 4.78 is 17.0. The Morgan fingerprint density at radius 1 is 1.09 bits per heavy atom. The number of aromatic nitrogens is 5. The number of fused-ring (bicyclic) bond motifs is 2. The molecule has 0 bridgehead atoms. The molecule has 2 N–H and O–H groups in total. The van der Waals surface area contributed by atoms with E-state index in [-0.39, 0.29) is 18.3 Å². The zero-order valence-electron chi connectivity index (χ0n) is 17.0. The summed E-state index contributed by atoms with van der Waals surface area (Å²) in [5.74, 6) is 0.368. The van der Waals surface area contributed by atoms with Crippen LogP contribution in [0.3, 0.4) is 0 Å². The van der Waals surface area contributed by atoms with Gasteiger partial charge >= 0.3 is 6.09 Å². The molecule has 1 aromatic carbocycles. The minimum absolute atomic E-state index is 0.142. The maximum Gasteiger partial charge on any atom is 0.407 e. The summed E-state index contributed by atoms with van der Waals surface area (Å²) in [7, 11) is 0. The van der Waals surface area contributed by atoms with Crippen LogP contribution in [0.5, 0.6) is 0 Å². The summed E-state index contributed by atoms with van der Waals surface area (Å²) in [6, 6.07) is 9.54. The van der Waals surface area contributed by atoms with Crippen molar-refractivity contribution < 1.29 is 19.1 Å². The molecule has 2 amide bonds. The number of imidazole rings is 2. The Morgan fingerprint density at radius 3 is 2.59 bits per heavy atom. The highest BCUT2D eigenvalue weighted by atomic mass is 19.1. The topological polar surface area (TPSA) is 118 Å². The summed E-state index contributed by atoms with van der Waals surface area (Å²) >= 11 is 0. The van der Waals surface area contributed by atoms with Gasteiger partial charge in [-0.1, -0.05) is 0 Å². The number of rotatable bonds is 3. The molecule has 4 heterocycles. The molecule has 5 rings (SSSR count). The van der Waals surface area contributed by atoms with Crippen molar-refractivity contribution in [1.29, 1.82) is 0 Å². The Labute approximate surface area is 180 Å². The van der Waals surface area contributed by atoms with Crippen LogP contribution in [0.1, 0.15) is 12.7 Å². The van der Waals surface area contributed by atoms with Crippen molar-refractivity contribution in [3.05, 3.63) is 54.2 Å². The van der Waals surface area contributed by atoms with Gasteiger partial charge in [0.2, 0.25) is 5.91 Å². The lowest BCUT2D eigenvalue weighted by molar-refractivity contribution is -0.114. The number of amides is 2. The van der Waals surface area contributed by atoms with Gasteiger partial charge in [-0.25, -0.2) is 23.7 Å². The number of hydrogen-bond donors (Lipinski definition) is 2. The third-order valence-corrected chi connectivity index (χ3v) is 5.23. The zero-order valence-corrected chi connectivity index (χ0v) is 17.0. The number of nitrogens with one attached hydrogen (secondary N) is 1. The smallest absolute Gasteiger partial charge is 0.407 e. The van der Waals surface area contributed by atoms with Crippen molar-refractivity contribution in [1.82, 2.24) is 29.0 Å². The van der Waals surface area contributed by atoms with Crippen LogP contribution in [-0.4, -0.2) is 52.7 Å². The minimum atomic E-state index is -1.01. The number of carbonyl (C=O) groups excluding carboxylic acids is 1. The third-order valence-electron chi connectivity index (χ3n) is 5.23. The molecule has 0 spiro atoms. The van der Waals surface area contributed by atoms with Crippen LogP contribution in [0.25, 0.3) is 28.3 Å². The van der Waals surface area contributed by atoms with Crippen LogP contribution in [-0.2, 0) is 17.9 Å². The van der Waals surface area contributed by atoms with E-state index < -0.39 is 6.09 Å². The molecule has 162 valence electrons. The van der Waals surface area contributed by atoms with Gasteiger partial charge in [0.05, 0.1) is 24.1 Å². The average Bonchev–Trinajstić information content (AvgIpc) is 3.33. The van der Waals surface area contributed by atoms with Crippen molar-refractivity contribution >= 4 is 23.5 Å². The van der Waals surface area contributed by atoms with Crippen molar-refractivity contribution in [2.75, 3.05) is 11.9 Å². The molecule has 0 radical (unpaired) electrons. The molecule has 0 unspecified atom stereocenters. The molecular formula is C21H18FN7O3. The molecule has 32 heavy (non-hydrogen) atoms. The molecule has 0 saturated carbocycles. The normalized spacial score (nSPS) is 13.2. The van der Waals surface area contributed by atoms with E-state index in [9.17, 15) is 19.1 Å². The molecule has 0 atom stereocenters. The summed E-state index contributed by atoms with van der Waals surface area (Å²) in [6.45, 7) is 2.26. The molecule has 0 saturated heterocycles. The van der Waals surface area contributed by atoms with Gasteiger partial charge in [-0.15, -0.1) is 0 Å². The molecule has 1 aliphatic rings. The molecule has 0 aliphatic carbocycles. The van der Waals surface area contributed by atoms with E-state index in [4.69, 9.17) is 4.98 Å². The fraction of sp³-hybridized carbons (Fsp3) is 0.190. The molecule has 11 heteroatoms. The number of hydrogen-bond acceptors (Lipinski definition) is 5. The van der Waals surface area contributed by atoms with E-state index in [1.54, 1.807) is 35.0 Å². The number of halogens is 1. The molecular weight excluding hydrogens is 417 g/mol. The van der Waals surface area contributed by atoms with E-state index in [0.717, 1.165) is 0 Å². The summed E-state index contributed by atoms with van der Waals surface area (Å²) in [6.07, 6.45) is 0.602. The van der Waals surface area contributed by atoms with Gasteiger partial charge in [0, 0.05) is 25.6 Å². The van der Waals surface area contributed by atoms with Gasteiger partial charge in [0.25, 0.3) is 0 Å². The standard InChI is InChI=1S/C21H18FN7O3/c1-12(30)23-16-10-29-17(24-16)7-6-15(26-29)20-19(13-2-4-14(22)5-3-13)25-18-11-27(21(31)32)8-9-28(18)20/h2-7,10H,8-9,11H2,1H3,(H,23,30)(H,31,32). The lowest BCUT2D eigenvalue weighted by Crippen LogP contribution is -2.37. The van der Waals surface area contributed by atoms with E-state index in [2.05, 4.69) is 15.4 Å². The summed E-state index contributed by atoms with van der Waals surface area (Å²) in [5, 5.41) is 16.7. The SMILES string of the molecule is CC(=O)Nc1cn2nc(-c3c(-c4ccc(F)cc4)nc4n3CCN(C(=O)O)C4)ccc2n1. The Kier molecular flexibility index (Phi) is 4.58. The molecule has 0 fully saturated rings. The maximum atomic E-state index is 13.5. The number of carboxylic acid groups (broad SMARTS) is 1. The van der Waals surface area contributed by atoms with Gasteiger partial charge in [-0.3, -0.25) is 9.69 Å². The number of nitrogens with zero attached hydrogens (tertiary/aromatic N) is 6. The predicted octanol–water partition coefficient (Wildman–Crippen LogP) is 2.85. The average molecular weight is 435 g/mol.